The van der Waals surface area contributed by atoms with Gasteiger partial charge in [0.1, 0.15) is 12.7 Å². The molecule has 0 saturated carbocycles. The summed E-state index contributed by atoms with van der Waals surface area (Å²) in [6.45, 7) is 2.58. The highest BCUT2D eigenvalue weighted by Gasteiger charge is 2.24. The molecule has 0 radical (unpaired) electrons. The molecule has 1 N–H and O–H groups in total. The van der Waals surface area contributed by atoms with Crippen LogP contribution in [0.15, 0.2) is 67.3 Å². The monoisotopic (exact) mass is 417 g/mol. The quantitative estimate of drug-likeness (QED) is 0.641. The number of aromatic nitrogens is 3. The SMILES string of the molecule is O=C(NC[C@H]1CCCN(C(=O)CCn2cncn2)C1)c1ccc(-c2ccccc2)cc1. The lowest BCUT2D eigenvalue weighted by molar-refractivity contribution is -0.133. The molecule has 0 spiro atoms. The predicted molar refractivity (Wildman–Crippen MR) is 118 cm³/mol. The molecule has 1 atom stereocenters. The Balaban J connectivity index is 1.25. The number of carbonyl (C=O) groups is 2. The van der Waals surface area contributed by atoms with Gasteiger partial charge in [0, 0.05) is 31.6 Å². The van der Waals surface area contributed by atoms with Gasteiger partial charge in [0.15, 0.2) is 0 Å². The largest absolute Gasteiger partial charge is 0.352 e. The first-order valence-electron chi connectivity index (χ1n) is 10.7. The summed E-state index contributed by atoms with van der Waals surface area (Å²) in [6.07, 6.45) is 5.48. The molecule has 160 valence electrons. The van der Waals surface area contributed by atoms with E-state index < -0.39 is 0 Å². The highest BCUT2D eigenvalue weighted by atomic mass is 16.2. The number of nitrogens with zero attached hydrogens (tertiary/aromatic N) is 4. The third kappa shape index (κ3) is 5.57. The number of amides is 2. The molecule has 0 unspecified atom stereocenters. The highest BCUT2D eigenvalue weighted by molar-refractivity contribution is 5.94. The van der Waals surface area contributed by atoms with Crippen molar-refractivity contribution in [2.75, 3.05) is 19.6 Å². The minimum atomic E-state index is -0.0748. The van der Waals surface area contributed by atoms with Crippen LogP contribution in [0.25, 0.3) is 11.1 Å². The molecule has 1 fully saturated rings. The van der Waals surface area contributed by atoms with Gasteiger partial charge in [-0.1, -0.05) is 42.5 Å². The number of nitrogens with one attached hydrogen (secondary N) is 1. The number of likely N-dealkylation sites (tertiary alicyclic amines) is 1. The maximum absolute atomic E-state index is 12.6. The second-order valence-corrected chi connectivity index (χ2v) is 7.91. The Bertz CT molecular complexity index is 987. The molecule has 2 aromatic carbocycles. The summed E-state index contributed by atoms with van der Waals surface area (Å²) in [5.74, 6) is 0.328. The molecule has 31 heavy (non-hydrogen) atoms. The lowest BCUT2D eigenvalue weighted by atomic mass is 9.97. The summed E-state index contributed by atoms with van der Waals surface area (Å²) in [6, 6.07) is 17.8. The van der Waals surface area contributed by atoms with Crippen molar-refractivity contribution in [3.63, 3.8) is 0 Å². The first-order chi connectivity index (χ1) is 15.2. The number of hydrogen-bond donors (Lipinski definition) is 1. The Kier molecular flexibility index (Phi) is 6.72. The molecule has 4 rings (SSSR count). The molecule has 7 nitrogen and oxygen atoms in total. The molecule has 1 aliphatic heterocycles. The summed E-state index contributed by atoms with van der Waals surface area (Å²) < 4.78 is 1.67. The smallest absolute Gasteiger partial charge is 0.251 e. The van der Waals surface area contributed by atoms with E-state index in [2.05, 4.69) is 27.5 Å². The van der Waals surface area contributed by atoms with Crippen LogP contribution in [0.5, 0.6) is 0 Å². The van der Waals surface area contributed by atoms with Gasteiger partial charge in [0.25, 0.3) is 5.91 Å². The molecule has 2 heterocycles. The van der Waals surface area contributed by atoms with Crippen molar-refractivity contribution in [1.82, 2.24) is 25.0 Å². The van der Waals surface area contributed by atoms with Gasteiger partial charge in [-0.3, -0.25) is 14.3 Å². The lowest BCUT2D eigenvalue weighted by Crippen LogP contribution is -2.43. The minimum absolute atomic E-state index is 0.0748. The standard InChI is InChI=1S/C24H27N5O2/c30-23(12-14-29-18-25-17-27-29)28-13-4-5-19(16-28)15-26-24(31)22-10-8-21(9-11-22)20-6-2-1-3-7-20/h1-3,6-11,17-19H,4-5,12-16H2,(H,26,31)/t19-/m1/s1. The molecular weight excluding hydrogens is 390 g/mol. The van der Waals surface area contributed by atoms with Crippen molar-refractivity contribution < 1.29 is 9.59 Å². The van der Waals surface area contributed by atoms with Crippen LogP contribution in [-0.4, -0.2) is 51.1 Å². The normalized spacial score (nSPS) is 16.1. The lowest BCUT2D eigenvalue weighted by Gasteiger charge is -2.33. The average Bonchev–Trinajstić information content (AvgIpc) is 3.35. The van der Waals surface area contributed by atoms with Crippen molar-refractivity contribution in [2.24, 2.45) is 5.92 Å². The van der Waals surface area contributed by atoms with E-state index in [0.29, 0.717) is 31.6 Å². The number of aryl methyl sites for hydroxylation is 1. The maximum atomic E-state index is 12.6. The second kappa shape index (κ2) is 10.0. The summed E-state index contributed by atoms with van der Waals surface area (Å²) in [5, 5.41) is 7.08. The van der Waals surface area contributed by atoms with Gasteiger partial charge in [0.05, 0.1) is 6.54 Å². The van der Waals surface area contributed by atoms with Crippen LogP contribution in [0.3, 0.4) is 0 Å². The van der Waals surface area contributed by atoms with Crippen molar-refractivity contribution in [3.05, 3.63) is 72.8 Å². The number of rotatable bonds is 7. The Labute approximate surface area is 182 Å². The van der Waals surface area contributed by atoms with Crippen LogP contribution in [0.1, 0.15) is 29.6 Å². The van der Waals surface area contributed by atoms with E-state index in [0.717, 1.165) is 30.5 Å². The number of piperidine rings is 1. The van der Waals surface area contributed by atoms with Gasteiger partial charge in [0.2, 0.25) is 5.91 Å². The zero-order valence-corrected chi connectivity index (χ0v) is 17.5. The fourth-order valence-electron chi connectivity index (χ4n) is 3.96. The van der Waals surface area contributed by atoms with E-state index in [1.165, 1.54) is 6.33 Å². The summed E-state index contributed by atoms with van der Waals surface area (Å²) in [5.41, 5.74) is 2.87. The first-order valence-corrected chi connectivity index (χ1v) is 10.7. The van der Waals surface area contributed by atoms with Crippen LogP contribution in [0, 0.1) is 5.92 Å². The van der Waals surface area contributed by atoms with Gasteiger partial charge in [-0.05, 0) is 42.0 Å². The molecule has 1 saturated heterocycles. The van der Waals surface area contributed by atoms with Crippen LogP contribution in [0.2, 0.25) is 0 Å². The zero-order chi connectivity index (χ0) is 21.5. The molecule has 0 aliphatic carbocycles. The molecule has 1 aliphatic rings. The Hall–Kier alpha value is -3.48. The third-order valence-corrected chi connectivity index (χ3v) is 5.70. The van der Waals surface area contributed by atoms with E-state index in [1.54, 1.807) is 11.0 Å². The minimum Gasteiger partial charge on any atom is -0.352 e. The van der Waals surface area contributed by atoms with Gasteiger partial charge in [-0.25, -0.2) is 4.98 Å². The second-order valence-electron chi connectivity index (χ2n) is 7.91. The van der Waals surface area contributed by atoms with Gasteiger partial charge < -0.3 is 10.2 Å². The summed E-state index contributed by atoms with van der Waals surface area (Å²) >= 11 is 0. The molecular formula is C24H27N5O2. The predicted octanol–water partition coefficient (Wildman–Crippen LogP) is 3.00. The summed E-state index contributed by atoms with van der Waals surface area (Å²) in [7, 11) is 0. The molecule has 0 bridgehead atoms. The highest BCUT2D eigenvalue weighted by Crippen LogP contribution is 2.20. The first kappa shape index (κ1) is 20.8. The molecule has 3 aromatic rings. The Morgan fingerprint density at radius 3 is 2.55 bits per heavy atom. The van der Waals surface area contributed by atoms with Gasteiger partial charge in [-0.2, -0.15) is 5.10 Å². The van der Waals surface area contributed by atoms with Crippen molar-refractivity contribution in [2.45, 2.75) is 25.8 Å². The Morgan fingerprint density at radius 1 is 1.03 bits per heavy atom. The summed E-state index contributed by atoms with van der Waals surface area (Å²) in [4.78, 5) is 30.9. The van der Waals surface area contributed by atoms with E-state index in [9.17, 15) is 9.59 Å². The van der Waals surface area contributed by atoms with Crippen molar-refractivity contribution >= 4 is 11.8 Å². The van der Waals surface area contributed by atoms with Crippen LogP contribution in [-0.2, 0) is 11.3 Å². The fourth-order valence-corrected chi connectivity index (χ4v) is 3.96. The number of hydrogen-bond acceptors (Lipinski definition) is 4. The number of carbonyl (C=O) groups excluding carboxylic acids is 2. The van der Waals surface area contributed by atoms with Crippen LogP contribution in [0.4, 0.5) is 0 Å². The maximum Gasteiger partial charge on any atom is 0.251 e. The van der Waals surface area contributed by atoms with E-state index >= 15 is 0 Å². The number of benzene rings is 2. The molecule has 7 heteroatoms. The average molecular weight is 418 g/mol. The molecule has 2 amide bonds. The zero-order valence-electron chi connectivity index (χ0n) is 17.5. The van der Waals surface area contributed by atoms with E-state index in [-0.39, 0.29) is 17.7 Å². The van der Waals surface area contributed by atoms with E-state index in [4.69, 9.17) is 0 Å². The van der Waals surface area contributed by atoms with Crippen molar-refractivity contribution in [1.29, 1.82) is 0 Å². The Morgan fingerprint density at radius 2 is 1.81 bits per heavy atom. The van der Waals surface area contributed by atoms with E-state index in [1.807, 2.05) is 47.4 Å². The van der Waals surface area contributed by atoms with Gasteiger partial charge >= 0.3 is 0 Å². The van der Waals surface area contributed by atoms with Crippen LogP contribution >= 0.6 is 0 Å². The molecule has 1 aromatic heterocycles. The van der Waals surface area contributed by atoms with Gasteiger partial charge in [-0.15, -0.1) is 0 Å². The topological polar surface area (TPSA) is 80.1 Å². The van der Waals surface area contributed by atoms with Crippen molar-refractivity contribution in [3.8, 4) is 11.1 Å². The third-order valence-electron chi connectivity index (χ3n) is 5.70. The fraction of sp³-hybridized carbons (Fsp3) is 0.333. The van der Waals surface area contributed by atoms with Crippen LogP contribution < -0.4 is 5.32 Å².